The van der Waals surface area contributed by atoms with E-state index in [9.17, 15) is 9.59 Å². The SMILES string of the molecule is Cc1ccc(C(=O)N2CCC(C)CC2)c(C2CCN(C(=O)COc3ccc(Cl)cc3)CC2)n1. The van der Waals surface area contributed by atoms with Gasteiger partial charge in [-0.15, -0.1) is 0 Å². The third-order valence-electron chi connectivity index (χ3n) is 6.78. The summed E-state index contributed by atoms with van der Waals surface area (Å²) in [5, 5.41) is 0.633. The Morgan fingerprint density at radius 2 is 1.61 bits per heavy atom. The Morgan fingerprint density at radius 3 is 2.27 bits per heavy atom. The maximum atomic E-state index is 13.3. The molecule has 0 N–H and O–H groups in total. The predicted octanol–water partition coefficient (Wildman–Crippen LogP) is 4.70. The molecule has 0 unspecified atom stereocenters. The highest BCUT2D eigenvalue weighted by molar-refractivity contribution is 6.30. The van der Waals surface area contributed by atoms with Crippen molar-refractivity contribution < 1.29 is 14.3 Å². The molecule has 2 aromatic rings. The number of pyridine rings is 1. The topological polar surface area (TPSA) is 62.7 Å². The van der Waals surface area contributed by atoms with E-state index in [0.717, 1.165) is 55.7 Å². The minimum Gasteiger partial charge on any atom is -0.484 e. The van der Waals surface area contributed by atoms with Crippen LogP contribution in [0.5, 0.6) is 5.75 Å². The van der Waals surface area contributed by atoms with Crippen LogP contribution in [0.3, 0.4) is 0 Å². The van der Waals surface area contributed by atoms with Gasteiger partial charge in [-0.1, -0.05) is 18.5 Å². The van der Waals surface area contributed by atoms with E-state index in [-0.39, 0.29) is 24.3 Å². The number of carbonyl (C=O) groups is 2. The van der Waals surface area contributed by atoms with Crippen molar-refractivity contribution in [2.24, 2.45) is 5.92 Å². The lowest BCUT2D eigenvalue weighted by molar-refractivity contribution is -0.134. The number of piperidine rings is 2. The third-order valence-corrected chi connectivity index (χ3v) is 7.03. The fraction of sp³-hybridized carbons (Fsp3) is 0.500. The molecule has 1 aromatic carbocycles. The number of hydrogen-bond donors (Lipinski definition) is 0. The highest BCUT2D eigenvalue weighted by atomic mass is 35.5. The van der Waals surface area contributed by atoms with Gasteiger partial charge in [0.1, 0.15) is 5.75 Å². The van der Waals surface area contributed by atoms with Gasteiger partial charge in [0, 0.05) is 42.8 Å². The molecule has 4 rings (SSSR count). The van der Waals surface area contributed by atoms with Gasteiger partial charge < -0.3 is 14.5 Å². The largest absolute Gasteiger partial charge is 0.484 e. The summed E-state index contributed by atoms with van der Waals surface area (Å²) in [6.07, 6.45) is 3.69. The Balaban J connectivity index is 1.37. The first-order valence-electron chi connectivity index (χ1n) is 11.8. The highest BCUT2D eigenvalue weighted by Gasteiger charge is 2.30. The lowest BCUT2D eigenvalue weighted by atomic mass is 9.89. The second kappa shape index (κ2) is 10.6. The first kappa shape index (κ1) is 23.6. The molecule has 0 atom stereocenters. The molecule has 2 amide bonds. The number of carbonyl (C=O) groups excluding carboxylic acids is 2. The molecule has 0 bridgehead atoms. The van der Waals surface area contributed by atoms with E-state index >= 15 is 0 Å². The van der Waals surface area contributed by atoms with E-state index < -0.39 is 0 Å². The number of aryl methyl sites for hydroxylation is 1. The van der Waals surface area contributed by atoms with Crippen molar-refractivity contribution in [2.45, 2.75) is 45.4 Å². The monoisotopic (exact) mass is 469 g/mol. The Kier molecular flexibility index (Phi) is 7.53. The van der Waals surface area contributed by atoms with Gasteiger partial charge in [0.2, 0.25) is 0 Å². The van der Waals surface area contributed by atoms with Crippen molar-refractivity contribution in [3.8, 4) is 5.75 Å². The number of likely N-dealkylation sites (tertiary alicyclic amines) is 2. The molecule has 6 nitrogen and oxygen atoms in total. The summed E-state index contributed by atoms with van der Waals surface area (Å²) >= 11 is 5.89. The van der Waals surface area contributed by atoms with Gasteiger partial charge in [-0.3, -0.25) is 14.6 Å². The molecule has 0 radical (unpaired) electrons. The van der Waals surface area contributed by atoms with Crippen LogP contribution in [0, 0.1) is 12.8 Å². The third kappa shape index (κ3) is 5.85. The fourth-order valence-electron chi connectivity index (χ4n) is 4.62. The van der Waals surface area contributed by atoms with Gasteiger partial charge >= 0.3 is 0 Å². The number of ether oxygens (including phenoxy) is 1. The molecule has 7 heteroatoms. The van der Waals surface area contributed by atoms with Crippen LogP contribution in [0.25, 0.3) is 0 Å². The zero-order valence-corrected chi connectivity index (χ0v) is 20.2. The fourth-order valence-corrected chi connectivity index (χ4v) is 4.75. The van der Waals surface area contributed by atoms with E-state index in [2.05, 4.69) is 6.92 Å². The Labute approximate surface area is 200 Å². The molecular weight excluding hydrogens is 438 g/mol. The van der Waals surface area contributed by atoms with Gasteiger partial charge in [0.25, 0.3) is 11.8 Å². The van der Waals surface area contributed by atoms with Crippen molar-refractivity contribution >= 4 is 23.4 Å². The number of aromatic nitrogens is 1. The molecular formula is C26H32ClN3O3. The molecule has 33 heavy (non-hydrogen) atoms. The van der Waals surface area contributed by atoms with Crippen LogP contribution in [0.2, 0.25) is 5.02 Å². The summed E-state index contributed by atoms with van der Waals surface area (Å²) in [6, 6.07) is 10.9. The number of benzene rings is 1. The van der Waals surface area contributed by atoms with E-state index in [0.29, 0.717) is 29.8 Å². The van der Waals surface area contributed by atoms with Crippen LogP contribution in [-0.4, -0.2) is 59.4 Å². The average molecular weight is 470 g/mol. The van der Waals surface area contributed by atoms with Crippen LogP contribution in [-0.2, 0) is 4.79 Å². The zero-order chi connectivity index (χ0) is 23.4. The van der Waals surface area contributed by atoms with Crippen molar-refractivity contribution in [1.82, 2.24) is 14.8 Å². The number of amides is 2. The lowest BCUT2D eigenvalue weighted by Gasteiger charge is -2.34. The molecule has 3 heterocycles. The molecule has 2 saturated heterocycles. The van der Waals surface area contributed by atoms with Crippen LogP contribution in [0.4, 0.5) is 0 Å². The predicted molar refractivity (Wildman–Crippen MR) is 129 cm³/mol. The van der Waals surface area contributed by atoms with Gasteiger partial charge in [-0.2, -0.15) is 0 Å². The van der Waals surface area contributed by atoms with Crippen LogP contribution in [0.15, 0.2) is 36.4 Å². The maximum Gasteiger partial charge on any atom is 0.260 e. The van der Waals surface area contributed by atoms with E-state index in [1.54, 1.807) is 24.3 Å². The van der Waals surface area contributed by atoms with Crippen LogP contribution in [0.1, 0.15) is 60.3 Å². The molecule has 0 saturated carbocycles. The summed E-state index contributed by atoms with van der Waals surface area (Å²) in [5.41, 5.74) is 2.54. The zero-order valence-electron chi connectivity index (χ0n) is 19.4. The van der Waals surface area contributed by atoms with E-state index in [1.165, 1.54) is 0 Å². The van der Waals surface area contributed by atoms with Gasteiger partial charge in [0.05, 0.1) is 11.3 Å². The Bertz CT molecular complexity index is 979. The minimum absolute atomic E-state index is 0.00606. The second-order valence-electron chi connectivity index (χ2n) is 9.26. The molecule has 176 valence electrons. The normalized spacial score (nSPS) is 17.8. The first-order valence-corrected chi connectivity index (χ1v) is 12.2. The minimum atomic E-state index is -0.0284. The Hall–Kier alpha value is -2.60. The van der Waals surface area contributed by atoms with Crippen molar-refractivity contribution in [1.29, 1.82) is 0 Å². The van der Waals surface area contributed by atoms with E-state index in [1.807, 2.05) is 28.9 Å². The number of rotatable bonds is 5. The first-order chi connectivity index (χ1) is 15.9. The van der Waals surface area contributed by atoms with Gasteiger partial charge in [-0.05, 0) is 74.9 Å². The molecule has 0 spiro atoms. The second-order valence-corrected chi connectivity index (χ2v) is 9.69. The lowest BCUT2D eigenvalue weighted by Crippen LogP contribution is -2.41. The van der Waals surface area contributed by atoms with Crippen molar-refractivity contribution in [3.05, 3.63) is 58.4 Å². The van der Waals surface area contributed by atoms with Crippen LogP contribution >= 0.6 is 11.6 Å². The summed E-state index contributed by atoms with van der Waals surface area (Å²) in [4.78, 5) is 34.5. The summed E-state index contributed by atoms with van der Waals surface area (Å²) < 4.78 is 5.62. The summed E-state index contributed by atoms with van der Waals surface area (Å²) in [6.45, 7) is 7.12. The molecule has 2 aliphatic rings. The quantitative estimate of drug-likeness (QED) is 0.636. The van der Waals surface area contributed by atoms with E-state index in [4.69, 9.17) is 21.3 Å². The van der Waals surface area contributed by atoms with Gasteiger partial charge in [0.15, 0.2) is 6.61 Å². The maximum absolute atomic E-state index is 13.3. The molecule has 1 aromatic heterocycles. The molecule has 0 aliphatic carbocycles. The number of hydrogen-bond acceptors (Lipinski definition) is 4. The molecule has 2 aliphatic heterocycles. The summed E-state index contributed by atoms with van der Waals surface area (Å²) in [5.74, 6) is 1.55. The van der Waals surface area contributed by atoms with Gasteiger partial charge in [-0.25, -0.2) is 0 Å². The van der Waals surface area contributed by atoms with Crippen molar-refractivity contribution in [3.63, 3.8) is 0 Å². The summed E-state index contributed by atoms with van der Waals surface area (Å²) in [7, 11) is 0. The highest BCUT2D eigenvalue weighted by Crippen LogP contribution is 2.31. The standard InChI is InChI=1S/C26H32ClN3O3/c1-18-9-13-30(14-10-18)26(32)23-8-3-19(2)28-25(23)20-11-15-29(16-12-20)24(31)17-33-22-6-4-21(27)5-7-22/h3-8,18,20H,9-17H2,1-2H3. The average Bonchev–Trinajstić information content (AvgIpc) is 2.83. The van der Waals surface area contributed by atoms with Crippen molar-refractivity contribution in [2.75, 3.05) is 32.8 Å². The smallest absolute Gasteiger partial charge is 0.260 e. The Morgan fingerprint density at radius 1 is 0.970 bits per heavy atom. The molecule has 2 fully saturated rings. The number of halogens is 1. The van der Waals surface area contributed by atoms with Crippen LogP contribution < -0.4 is 4.74 Å². The number of nitrogens with zero attached hydrogens (tertiary/aromatic N) is 3.